The summed E-state index contributed by atoms with van der Waals surface area (Å²) >= 11 is 3.24. The molecule has 0 aliphatic carbocycles. The van der Waals surface area contributed by atoms with Gasteiger partial charge in [0.05, 0.1) is 5.56 Å². The summed E-state index contributed by atoms with van der Waals surface area (Å²) in [5, 5.41) is 2.85. The molecule has 0 bridgehead atoms. The van der Waals surface area contributed by atoms with Crippen LogP contribution in [0.1, 0.15) is 28.8 Å². The maximum atomic E-state index is 13.8. The van der Waals surface area contributed by atoms with E-state index in [1.165, 1.54) is 12.1 Å². The quantitative estimate of drug-likeness (QED) is 0.756. The standard InChI is InChI=1S/C19H19BrFNO3S/c20-14-4-5-18(21)17(11-14)19(23)22-15-3-1-2-13(10-15)12-26(24)16-6-8-25-9-7-16/h1-5,10-11,16H,6-9,12H2,(H,22,23). The molecule has 1 unspecified atom stereocenters. The van der Waals surface area contributed by atoms with Crippen LogP contribution in [0.4, 0.5) is 10.1 Å². The molecule has 4 nitrogen and oxygen atoms in total. The van der Waals surface area contributed by atoms with Crippen molar-refractivity contribution in [3.05, 3.63) is 63.9 Å². The largest absolute Gasteiger partial charge is 0.381 e. The molecule has 1 heterocycles. The number of halogens is 2. The number of carbonyl (C=O) groups excluding carboxylic acids is 1. The van der Waals surface area contributed by atoms with E-state index in [0.717, 1.165) is 18.4 Å². The number of ether oxygens (including phenoxy) is 1. The van der Waals surface area contributed by atoms with E-state index in [2.05, 4.69) is 21.2 Å². The molecule has 7 heteroatoms. The van der Waals surface area contributed by atoms with Crippen LogP contribution in [0.25, 0.3) is 0 Å². The topological polar surface area (TPSA) is 55.4 Å². The maximum Gasteiger partial charge on any atom is 0.258 e. The van der Waals surface area contributed by atoms with Crippen molar-refractivity contribution in [2.75, 3.05) is 18.5 Å². The van der Waals surface area contributed by atoms with E-state index >= 15 is 0 Å². The van der Waals surface area contributed by atoms with Gasteiger partial charge in [-0.15, -0.1) is 0 Å². The summed E-state index contributed by atoms with van der Waals surface area (Å²) < 4.78 is 32.3. The van der Waals surface area contributed by atoms with Gasteiger partial charge in [-0.25, -0.2) is 4.39 Å². The first kappa shape index (κ1) is 19.2. The molecule has 2 aromatic carbocycles. The van der Waals surface area contributed by atoms with Crippen LogP contribution in [0, 0.1) is 5.82 Å². The van der Waals surface area contributed by atoms with Gasteiger partial charge in [-0.2, -0.15) is 0 Å². The van der Waals surface area contributed by atoms with Crippen molar-refractivity contribution in [3.63, 3.8) is 0 Å². The van der Waals surface area contributed by atoms with E-state index in [-0.39, 0.29) is 10.8 Å². The lowest BCUT2D eigenvalue weighted by atomic mass is 10.2. The Morgan fingerprint density at radius 1 is 1.23 bits per heavy atom. The first-order valence-electron chi connectivity index (χ1n) is 8.33. The van der Waals surface area contributed by atoms with Crippen LogP contribution in [0.5, 0.6) is 0 Å². The van der Waals surface area contributed by atoms with Gasteiger partial charge in [0.25, 0.3) is 5.91 Å². The first-order valence-corrected chi connectivity index (χ1v) is 10.5. The summed E-state index contributed by atoms with van der Waals surface area (Å²) in [6.07, 6.45) is 1.62. The number of anilines is 1. The van der Waals surface area contributed by atoms with Gasteiger partial charge in [0, 0.05) is 45.2 Å². The Bertz CT molecular complexity index is 824. The number of carbonyl (C=O) groups is 1. The van der Waals surface area contributed by atoms with Crippen molar-refractivity contribution < 1.29 is 18.1 Å². The van der Waals surface area contributed by atoms with Crippen LogP contribution >= 0.6 is 15.9 Å². The minimum Gasteiger partial charge on any atom is -0.381 e. The Morgan fingerprint density at radius 3 is 2.77 bits per heavy atom. The summed E-state index contributed by atoms with van der Waals surface area (Å²) in [6.45, 7) is 1.31. The zero-order valence-electron chi connectivity index (χ0n) is 14.0. The number of hydrogen-bond donors (Lipinski definition) is 1. The van der Waals surface area contributed by atoms with Crippen molar-refractivity contribution in [2.45, 2.75) is 23.8 Å². The second kappa shape index (κ2) is 8.88. The number of nitrogens with one attached hydrogen (secondary N) is 1. The van der Waals surface area contributed by atoms with E-state index in [0.29, 0.717) is 29.1 Å². The van der Waals surface area contributed by atoms with Crippen molar-refractivity contribution in [1.82, 2.24) is 0 Å². The molecule has 138 valence electrons. The van der Waals surface area contributed by atoms with Crippen LogP contribution in [-0.2, 0) is 21.3 Å². The average molecular weight is 440 g/mol. The number of rotatable bonds is 5. The number of benzene rings is 2. The lowest BCUT2D eigenvalue weighted by molar-refractivity contribution is 0.0991. The molecule has 0 aromatic heterocycles. The fraction of sp³-hybridized carbons (Fsp3) is 0.316. The summed E-state index contributed by atoms with van der Waals surface area (Å²) in [5.74, 6) is -0.673. The zero-order valence-corrected chi connectivity index (χ0v) is 16.4. The zero-order chi connectivity index (χ0) is 18.5. The molecule has 1 aliphatic rings. The van der Waals surface area contributed by atoms with Gasteiger partial charge < -0.3 is 10.1 Å². The minimum atomic E-state index is -0.980. The van der Waals surface area contributed by atoms with Gasteiger partial charge in [-0.3, -0.25) is 9.00 Å². The molecule has 3 rings (SSSR count). The monoisotopic (exact) mass is 439 g/mol. The van der Waals surface area contributed by atoms with E-state index < -0.39 is 22.5 Å². The van der Waals surface area contributed by atoms with Crippen molar-refractivity contribution in [3.8, 4) is 0 Å². The van der Waals surface area contributed by atoms with Crippen LogP contribution in [0.15, 0.2) is 46.9 Å². The Labute approximate surface area is 162 Å². The summed E-state index contributed by atoms with van der Waals surface area (Å²) in [6, 6.07) is 11.4. The second-order valence-corrected chi connectivity index (χ2v) is 8.75. The Morgan fingerprint density at radius 2 is 2.00 bits per heavy atom. The van der Waals surface area contributed by atoms with Crippen molar-refractivity contribution >= 4 is 38.3 Å². The van der Waals surface area contributed by atoms with Crippen LogP contribution < -0.4 is 5.32 Å². The molecule has 0 radical (unpaired) electrons. The number of hydrogen-bond acceptors (Lipinski definition) is 3. The van der Waals surface area contributed by atoms with Gasteiger partial charge in [0.2, 0.25) is 0 Å². The van der Waals surface area contributed by atoms with Gasteiger partial charge in [-0.05, 0) is 48.7 Å². The van der Waals surface area contributed by atoms with Crippen molar-refractivity contribution in [2.24, 2.45) is 0 Å². The fourth-order valence-electron chi connectivity index (χ4n) is 2.83. The predicted octanol–water partition coefficient (Wildman–Crippen LogP) is 4.27. The molecule has 2 aromatic rings. The van der Waals surface area contributed by atoms with Gasteiger partial charge in [0.1, 0.15) is 5.82 Å². The fourth-order valence-corrected chi connectivity index (χ4v) is 4.65. The van der Waals surface area contributed by atoms with E-state index in [9.17, 15) is 13.4 Å². The highest BCUT2D eigenvalue weighted by atomic mass is 79.9. The highest BCUT2D eigenvalue weighted by molar-refractivity contribution is 9.10. The lowest BCUT2D eigenvalue weighted by Gasteiger charge is -2.21. The number of amides is 1. The van der Waals surface area contributed by atoms with E-state index in [1.54, 1.807) is 24.3 Å². The summed E-state index contributed by atoms with van der Waals surface area (Å²) in [7, 11) is -0.980. The molecule has 1 aliphatic heterocycles. The SMILES string of the molecule is O=C(Nc1cccc(CS(=O)C2CCOCC2)c1)c1cc(Br)ccc1F. The van der Waals surface area contributed by atoms with Gasteiger partial charge in [-0.1, -0.05) is 28.1 Å². The van der Waals surface area contributed by atoms with Crippen molar-refractivity contribution in [1.29, 1.82) is 0 Å². The lowest BCUT2D eigenvalue weighted by Crippen LogP contribution is -2.25. The van der Waals surface area contributed by atoms with Crippen LogP contribution in [0.2, 0.25) is 0 Å². The van der Waals surface area contributed by atoms with Crippen LogP contribution in [0.3, 0.4) is 0 Å². The normalized spacial score (nSPS) is 16.2. The molecular formula is C19H19BrFNO3S. The predicted molar refractivity (Wildman–Crippen MR) is 104 cm³/mol. The molecule has 0 saturated carbocycles. The Hall–Kier alpha value is -1.57. The first-order chi connectivity index (χ1) is 12.5. The van der Waals surface area contributed by atoms with E-state index in [4.69, 9.17) is 4.74 Å². The third kappa shape index (κ3) is 4.99. The molecule has 1 fully saturated rings. The third-order valence-corrected chi connectivity index (χ3v) is 6.53. The minimum absolute atomic E-state index is 0.0319. The molecule has 0 spiro atoms. The molecule has 1 N–H and O–H groups in total. The van der Waals surface area contributed by atoms with E-state index in [1.807, 2.05) is 6.07 Å². The smallest absolute Gasteiger partial charge is 0.258 e. The molecule has 26 heavy (non-hydrogen) atoms. The Kier molecular flexibility index (Phi) is 6.56. The molecule has 1 saturated heterocycles. The third-order valence-electron chi connectivity index (χ3n) is 4.21. The molecule has 1 amide bonds. The second-order valence-electron chi connectivity index (χ2n) is 6.12. The van der Waals surface area contributed by atoms with Gasteiger partial charge >= 0.3 is 0 Å². The molecule has 1 atom stereocenters. The average Bonchev–Trinajstić information content (AvgIpc) is 2.64. The summed E-state index contributed by atoms with van der Waals surface area (Å²) in [5.41, 5.74) is 1.40. The highest BCUT2D eigenvalue weighted by Crippen LogP contribution is 2.20. The summed E-state index contributed by atoms with van der Waals surface area (Å²) in [4.78, 5) is 12.3. The van der Waals surface area contributed by atoms with Gasteiger partial charge in [0.15, 0.2) is 0 Å². The maximum absolute atomic E-state index is 13.8. The Balaban J connectivity index is 1.68. The van der Waals surface area contributed by atoms with Crippen LogP contribution in [-0.4, -0.2) is 28.6 Å². The highest BCUT2D eigenvalue weighted by Gasteiger charge is 2.20. The molecular weight excluding hydrogens is 421 g/mol.